The second kappa shape index (κ2) is 20.2. The van der Waals surface area contributed by atoms with Gasteiger partial charge in [-0.2, -0.15) is 29.8 Å². The Morgan fingerprint density at radius 1 is 0.730 bits per heavy atom. The van der Waals surface area contributed by atoms with E-state index in [1.165, 1.54) is 59.8 Å². The van der Waals surface area contributed by atoms with Crippen LogP contribution in [0.5, 0.6) is 5.75 Å². The normalized spacial score (nSPS) is 18.5. The first-order chi connectivity index (χ1) is 29.6. The number of fused-ring (bicyclic) bond motifs is 2. The zero-order valence-electron chi connectivity index (χ0n) is 37.5. The van der Waals surface area contributed by atoms with Crippen molar-refractivity contribution in [1.82, 2.24) is 0 Å². The third-order valence-electron chi connectivity index (χ3n) is 11.9. The molecule has 0 amide bonds. The molecule has 0 saturated carbocycles. The molecule has 6 rings (SSSR count). The van der Waals surface area contributed by atoms with Crippen LogP contribution >= 0.6 is 0 Å². The summed E-state index contributed by atoms with van der Waals surface area (Å²) in [7, 11) is -13.1. The van der Waals surface area contributed by atoms with Crippen molar-refractivity contribution in [1.29, 1.82) is 0 Å². The molecule has 0 radical (unpaired) electrons. The van der Waals surface area contributed by atoms with Crippen LogP contribution in [0.1, 0.15) is 117 Å². The van der Waals surface area contributed by atoms with Crippen molar-refractivity contribution < 1.29 is 48.2 Å². The molecule has 3 aromatic rings. The van der Waals surface area contributed by atoms with Crippen molar-refractivity contribution in [2.75, 3.05) is 23.7 Å². The highest BCUT2D eigenvalue weighted by atomic mass is 32.2. The Morgan fingerprint density at radius 3 is 2.05 bits per heavy atom. The summed E-state index contributed by atoms with van der Waals surface area (Å²) in [5.74, 6) is 0.580. The summed E-state index contributed by atoms with van der Waals surface area (Å²) in [6.07, 6.45) is 15.5. The topological polar surface area (TPSA) is 179 Å². The number of nitrogens with zero attached hydrogens (tertiary/aromatic N) is 2. The van der Waals surface area contributed by atoms with E-state index >= 15 is 0 Å². The standard InChI is InChI=1S/C46H56N2O10S3.C2H6/c1-6-7-8-11-29-47-40-18-10-9-17-38(40)45(2,3)42(47)27-19-33-15-14-16-34(44(33)58-35-21-23-36(24-22-35)60(52,53)54)20-28-43-46(4,5)39-32-37(61(55,56)57)25-26-41(39)48(43)30-12-13-31-59(49,50)51;1-2/h9-10,17-28,32H,6-8,11-16,29-31H2,1-5H3,(H2-,49,50,51,52,53,54,55,56,57);1-2H3/p+1. The van der Waals surface area contributed by atoms with E-state index in [9.17, 15) is 38.9 Å². The smallest absolute Gasteiger partial charge is 0.294 e. The zero-order valence-corrected chi connectivity index (χ0v) is 39.9. The molecular weight excluding hydrogens is 861 g/mol. The Hall–Kier alpha value is -4.38. The minimum Gasteiger partial charge on any atom is -0.457 e. The van der Waals surface area contributed by atoms with E-state index in [2.05, 4.69) is 61.8 Å². The second-order valence-electron chi connectivity index (χ2n) is 17.0. The number of benzene rings is 3. The number of hydrogen-bond donors (Lipinski definition) is 3. The fourth-order valence-corrected chi connectivity index (χ4v) is 10.3. The summed E-state index contributed by atoms with van der Waals surface area (Å²) in [5.41, 5.74) is 6.59. The number of allylic oxidation sites excluding steroid dienone is 7. The summed E-state index contributed by atoms with van der Waals surface area (Å²) in [6, 6.07) is 18.6. The number of rotatable bonds is 17. The summed E-state index contributed by atoms with van der Waals surface area (Å²) in [6.45, 7) is 15.8. The van der Waals surface area contributed by atoms with E-state index in [4.69, 9.17) is 4.74 Å². The van der Waals surface area contributed by atoms with Gasteiger partial charge in [-0.05, 0) is 124 Å². The maximum atomic E-state index is 12.2. The van der Waals surface area contributed by atoms with E-state index in [-0.39, 0.29) is 21.6 Å². The molecule has 0 spiro atoms. The summed E-state index contributed by atoms with van der Waals surface area (Å²) >= 11 is 0. The van der Waals surface area contributed by atoms with Crippen LogP contribution in [-0.2, 0) is 41.2 Å². The van der Waals surface area contributed by atoms with Gasteiger partial charge in [-0.15, -0.1) is 0 Å². The largest absolute Gasteiger partial charge is 0.457 e. The molecule has 12 nitrogen and oxygen atoms in total. The Balaban J connectivity index is 0.00000369. The van der Waals surface area contributed by atoms with Crippen LogP contribution in [0.2, 0.25) is 0 Å². The first kappa shape index (κ1) is 49.6. The van der Waals surface area contributed by atoms with Gasteiger partial charge in [-0.1, -0.05) is 71.7 Å². The van der Waals surface area contributed by atoms with Gasteiger partial charge >= 0.3 is 0 Å². The molecule has 2 heterocycles. The molecule has 3 N–H and O–H groups in total. The molecule has 0 aromatic heterocycles. The minimum absolute atomic E-state index is 0.201. The van der Waals surface area contributed by atoms with Crippen LogP contribution in [0.3, 0.4) is 0 Å². The molecule has 3 aliphatic rings. The highest BCUT2D eigenvalue weighted by Gasteiger charge is 2.44. The lowest BCUT2D eigenvalue weighted by Gasteiger charge is -2.27. The van der Waals surface area contributed by atoms with Gasteiger partial charge in [0, 0.05) is 47.5 Å². The van der Waals surface area contributed by atoms with Crippen LogP contribution in [0.4, 0.5) is 11.4 Å². The molecule has 1 aliphatic carbocycles. The predicted octanol–water partition coefficient (Wildman–Crippen LogP) is 10.5. The van der Waals surface area contributed by atoms with Crippen LogP contribution < -0.4 is 9.64 Å². The third-order valence-corrected chi connectivity index (χ3v) is 14.5. The molecule has 342 valence electrons. The predicted molar refractivity (Wildman–Crippen MR) is 250 cm³/mol. The number of unbranched alkanes of at least 4 members (excludes halogenated alkanes) is 4. The fraction of sp³-hybridized carbons (Fsp3) is 0.438. The second-order valence-corrected chi connectivity index (χ2v) is 21.4. The lowest BCUT2D eigenvalue weighted by molar-refractivity contribution is -0.438. The summed E-state index contributed by atoms with van der Waals surface area (Å²) in [5, 5.41) is 0. The minimum atomic E-state index is -4.50. The van der Waals surface area contributed by atoms with Gasteiger partial charge < -0.3 is 9.64 Å². The maximum Gasteiger partial charge on any atom is 0.294 e. The van der Waals surface area contributed by atoms with Crippen molar-refractivity contribution in [3.8, 4) is 5.75 Å². The number of anilines is 1. The molecular formula is C48H63N2O10S3+. The Kier molecular flexibility index (Phi) is 15.9. The van der Waals surface area contributed by atoms with E-state index in [1.807, 2.05) is 44.7 Å². The van der Waals surface area contributed by atoms with Gasteiger partial charge in [0.05, 0.1) is 21.0 Å². The van der Waals surface area contributed by atoms with Crippen molar-refractivity contribution in [3.05, 3.63) is 125 Å². The molecule has 0 unspecified atom stereocenters. The SMILES string of the molecule is CC.CCCCCC[N+]1=C(/C=C/C2=C(Oc3ccc(S(=O)(=O)O)cc3)C(=C/C=C3/N(CCCCS(=O)(=O)O)c4ccc(S(=O)(=O)O)cc4C3(C)C)/CCC2)C(C)(C)c2ccccc21. The molecule has 15 heteroatoms. The lowest BCUT2D eigenvalue weighted by atomic mass is 9.81. The quantitative estimate of drug-likeness (QED) is 0.0666. The Labute approximate surface area is 375 Å². The average Bonchev–Trinajstić information content (AvgIpc) is 3.57. The Morgan fingerprint density at radius 2 is 1.40 bits per heavy atom. The zero-order chi connectivity index (χ0) is 46.4. The van der Waals surface area contributed by atoms with Crippen LogP contribution in [0.25, 0.3) is 0 Å². The Bertz CT molecular complexity index is 2660. The first-order valence-corrected chi connectivity index (χ1v) is 26.3. The number of hydrogen-bond acceptors (Lipinski definition) is 8. The third kappa shape index (κ3) is 11.7. The van der Waals surface area contributed by atoms with E-state index in [0.717, 1.165) is 49.1 Å². The number of para-hydroxylation sites is 1. The van der Waals surface area contributed by atoms with Crippen LogP contribution in [0, 0.1) is 0 Å². The van der Waals surface area contributed by atoms with E-state index < -0.39 is 41.5 Å². The highest BCUT2D eigenvalue weighted by Crippen LogP contribution is 2.49. The van der Waals surface area contributed by atoms with Gasteiger partial charge in [0.15, 0.2) is 5.71 Å². The summed E-state index contributed by atoms with van der Waals surface area (Å²) in [4.78, 5) is 1.52. The van der Waals surface area contributed by atoms with E-state index in [0.29, 0.717) is 48.6 Å². The molecule has 63 heavy (non-hydrogen) atoms. The van der Waals surface area contributed by atoms with E-state index in [1.54, 1.807) is 6.07 Å². The molecule has 0 bridgehead atoms. The van der Waals surface area contributed by atoms with Crippen LogP contribution in [-0.4, -0.2) is 68.0 Å². The molecule has 2 aliphatic heterocycles. The van der Waals surface area contributed by atoms with Crippen molar-refractivity contribution in [3.63, 3.8) is 0 Å². The molecule has 3 aromatic carbocycles. The fourth-order valence-electron chi connectivity index (χ4n) is 8.70. The number of ether oxygens (including phenoxy) is 1. The van der Waals surface area contributed by atoms with Crippen molar-refractivity contribution >= 4 is 47.4 Å². The van der Waals surface area contributed by atoms with Gasteiger partial charge in [0.25, 0.3) is 30.4 Å². The molecule has 0 atom stereocenters. The van der Waals surface area contributed by atoms with Gasteiger partial charge in [-0.25, -0.2) is 0 Å². The first-order valence-electron chi connectivity index (χ1n) is 21.8. The monoisotopic (exact) mass is 923 g/mol. The van der Waals surface area contributed by atoms with Crippen LogP contribution in [0.15, 0.2) is 123 Å². The van der Waals surface area contributed by atoms with Gasteiger partial charge in [0.2, 0.25) is 5.69 Å². The lowest BCUT2D eigenvalue weighted by Crippen LogP contribution is -2.28. The maximum absolute atomic E-state index is 12.2. The van der Waals surface area contributed by atoms with Crippen molar-refractivity contribution in [2.24, 2.45) is 0 Å². The van der Waals surface area contributed by atoms with Gasteiger partial charge in [0.1, 0.15) is 18.1 Å². The molecule has 0 fully saturated rings. The highest BCUT2D eigenvalue weighted by molar-refractivity contribution is 7.86. The molecule has 0 saturated heterocycles. The average molecular weight is 924 g/mol. The van der Waals surface area contributed by atoms with Gasteiger partial charge in [-0.3, -0.25) is 13.7 Å². The van der Waals surface area contributed by atoms with Crippen molar-refractivity contribution in [2.45, 2.75) is 127 Å². The summed E-state index contributed by atoms with van der Waals surface area (Å²) < 4.78 is 109.